The number of carbonyl (C=O) groups excluding carboxylic acids is 11. The van der Waals surface area contributed by atoms with E-state index in [1.165, 1.54) is 42.0 Å². The van der Waals surface area contributed by atoms with E-state index >= 15 is 4.55 Å². The summed E-state index contributed by atoms with van der Waals surface area (Å²) in [5, 5.41) is 46.1. The molecule has 0 radical (unpaired) electrons. The van der Waals surface area contributed by atoms with Crippen LogP contribution in [0, 0.1) is 18.8 Å². The Hall–Kier alpha value is -8.06. The number of aromatic nitrogens is 1. The van der Waals surface area contributed by atoms with Gasteiger partial charge in [0.25, 0.3) is 11.3 Å². The minimum Gasteiger partial charge on any atom is -0.608 e. The molecule has 2 aromatic carbocycles. The predicted octanol–water partition coefficient (Wildman–Crippen LogP) is -2.88. The molecule has 3 aliphatic heterocycles. The van der Waals surface area contributed by atoms with Gasteiger partial charge in [0.2, 0.25) is 52.3 Å². The summed E-state index contributed by atoms with van der Waals surface area (Å²) >= 11 is -2.91. The highest BCUT2D eigenvalue weighted by Gasteiger charge is 2.47. The number of aliphatic hydroxyl groups excluding tert-OH is 3. The lowest BCUT2D eigenvalue weighted by Gasteiger charge is -2.32. The van der Waals surface area contributed by atoms with E-state index in [1.807, 2.05) is 31.2 Å². The van der Waals surface area contributed by atoms with Gasteiger partial charge in [-0.05, 0) is 44.4 Å². The molecule has 29 nitrogen and oxygen atoms in total. The van der Waals surface area contributed by atoms with Gasteiger partial charge in [-0.25, -0.2) is 9.59 Å². The van der Waals surface area contributed by atoms with E-state index in [0.29, 0.717) is 6.42 Å². The first-order valence-corrected chi connectivity index (χ1v) is 28.5. The van der Waals surface area contributed by atoms with Crippen molar-refractivity contribution in [3.8, 4) is 5.75 Å². The summed E-state index contributed by atoms with van der Waals surface area (Å²) in [6.07, 6.45) is -6.40. The number of hydrogen-bond donors (Lipinski definition) is 12. The molecule has 1 saturated heterocycles. The first kappa shape index (κ1) is 65.1. The Morgan fingerprint density at radius 1 is 0.833 bits per heavy atom. The lowest BCUT2D eigenvalue weighted by Crippen LogP contribution is -2.62. The molecule has 0 spiro atoms. The van der Waals surface area contributed by atoms with Crippen LogP contribution in [0.25, 0.3) is 10.9 Å². The third kappa shape index (κ3) is 16.4. The number of H-pyrrole nitrogens is 1. The number of nitrogens with one attached hydrogen (secondary N) is 8. The zero-order chi connectivity index (χ0) is 61.9. The first-order chi connectivity index (χ1) is 39.7. The molecule has 1 unspecified atom stereocenters. The molecule has 0 saturated carbocycles. The number of nitrogens with two attached hydrogens (primary N) is 1. The average Bonchev–Trinajstić information content (AvgIpc) is 2.24. The van der Waals surface area contributed by atoms with E-state index in [0.717, 1.165) is 16.0 Å². The van der Waals surface area contributed by atoms with Crippen LogP contribution in [0.15, 0.2) is 47.5 Å². The number of amides is 11. The summed E-state index contributed by atoms with van der Waals surface area (Å²) in [6.45, 7) is 6.78. The number of aromatic amines is 1. The van der Waals surface area contributed by atoms with Gasteiger partial charge in [-0.2, -0.15) is 0 Å². The largest absolute Gasteiger partial charge is 0.608 e. The number of likely N-dealkylation sites (N-methyl/N-ethyl adjacent to an activating group) is 1. The quantitative estimate of drug-likeness (QED) is 0.0722. The van der Waals surface area contributed by atoms with Crippen LogP contribution in [-0.4, -0.2) is 205 Å². The van der Waals surface area contributed by atoms with Gasteiger partial charge >= 0.3 is 12.2 Å². The number of aliphatic hydroxyl groups is 3. The molecule has 458 valence electrons. The number of primary amides is 1. The number of aryl methyl sites for hydroxylation is 1. The topological polar surface area (TPSA) is 426 Å². The molecule has 30 heteroatoms. The Morgan fingerprint density at radius 2 is 1.50 bits per heavy atom. The van der Waals surface area contributed by atoms with Crippen LogP contribution in [0.5, 0.6) is 5.75 Å². The molecule has 6 rings (SSSR count). The SMILES string of the molecule is CC[C@H](C)[C@@H]1NC(=O)CNC(=O)[C@H]2Cc3c([nH]c4cc(OC(=O)N(CCN(C)C(=O)OCc5ccc(C)cc5)C(C)C)ccc34)[S+]([O-])[C@H](NC(=O)CNC1=O)C(=O)N[C@@H](CC(N)=O)C(=O)N1C[C@H](O)C[C@H]1C(=O)N[C@@H]([C@@H](C)[C@@H](O)CO)C(=O)N2. The van der Waals surface area contributed by atoms with Crippen molar-refractivity contribution in [2.24, 2.45) is 17.6 Å². The Bertz CT molecular complexity index is 2960. The molecule has 1 aromatic heterocycles. The predicted molar refractivity (Wildman–Crippen MR) is 298 cm³/mol. The van der Waals surface area contributed by atoms with E-state index in [-0.39, 0.29) is 41.9 Å². The zero-order valence-corrected chi connectivity index (χ0v) is 48.4. The van der Waals surface area contributed by atoms with E-state index in [4.69, 9.17) is 15.2 Å². The van der Waals surface area contributed by atoms with Crippen molar-refractivity contribution in [1.82, 2.24) is 56.9 Å². The van der Waals surface area contributed by atoms with Crippen molar-refractivity contribution in [1.29, 1.82) is 0 Å². The highest BCUT2D eigenvalue weighted by atomic mass is 32.2. The highest BCUT2D eigenvalue weighted by Crippen LogP contribution is 2.33. The second-order valence-electron chi connectivity index (χ2n) is 21.4. The number of hydrogen-bond acceptors (Lipinski definition) is 17. The van der Waals surface area contributed by atoms with E-state index in [1.54, 1.807) is 27.7 Å². The molecular formula is C54H74N12O17S. The van der Waals surface area contributed by atoms with E-state index in [9.17, 15) is 68.1 Å². The van der Waals surface area contributed by atoms with Gasteiger partial charge in [-0.1, -0.05) is 57.0 Å². The van der Waals surface area contributed by atoms with Crippen LogP contribution >= 0.6 is 0 Å². The van der Waals surface area contributed by atoms with Gasteiger partial charge in [0.1, 0.15) is 42.6 Å². The fourth-order valence-corrected chi connectivity index (χ4v) is 11.0. The van der Waals surface area contributed by atoms with Crippen LogP contribution in [0.1, 0.15) is 70.6 Å². The van der Waals surface area contributed by atoms with Crippen LogP contribution in [0.4, 0.5) is 9.59 Å². The third-order valence-electron chi connectivity index (χ3n) is 14.8. The molecule has 1 fully saturated rings. The molecule has 11 atom stereocenters. The maximum absolute atomic E-state index is 15.5. The lowest BCUT2D eigenvalue weighted by molar-refractivity contribution is -0.143. The summed E-state index contributed by atoms with van der Waals surface area (Å²) in [6, 6.07) is 2.35. The first-order valence-electron chi connectivity index (χ1n) is 27.3. The second kappa shape index (κ2) is 29.0. The summed E-state index contributed by atoms with van der Waals surface area (Å²) in [5.74, 6) is -12.1. The molecule has 4 heterocycles. The molecule has 2 bridgehead atoms. The van der Waals surface area contributed by atoms with Gasteiger partial charge in [-0.15, -0.1) is 0 Å². The Morgan fingerprint density at radius 3 is 2.14 bits per heavy atom. The van der Waals surface area contributed by atoms with Crippen LogP contribution in [0.2, 0.25) is 0 Å². The Kier molecular flexibility index (Phi) is 22.4. The van der Waals surface area contributed by atoms with Crippen molar-refractivity contribution in [2.75, 3.05) is 46.4 Å². The zero-order valence-electron chi connectivity index (χ0n) is 47.6. The second-order valence-corrected chi connectivity index (χ2v) is 22.8. The molecule has 13 N–H and O–H groups in total. The summed E-state index contributed by atoms with van der Waals surface area (Å²) in [4.78, 5) is 160. The summed E-state index contributed by atoms with van der Waals surface area (Å²) in [5.41, 5.74) is 7.28. The molecule has 3 aliphatic rings. The van der Waals surface area contributed by atoms with Crippen molar-refractivity contribution in [3.05, 3.63) is 59.2 Å². The van der Waals surface area contributed by atoms with Crippen LogP contribution in [-0.2, 0) is 72.1 Å². The van der Waals surface area contributed by atoms with Crippen LogP contribution in [0.3, 0.4) is 0 Å². The van der Waals surface area contributed by atoms with Crippen molar-refractivity contribution in [2.45, 2.75) is 133 Å². The van der Waals surface area contributed by atoms with Gasteiger partial charge in [0, 0.05) is 79.7 Å². The fraction of sp³-hybridized carbons (Fsp3) is 0.537. The number of benzene rings is 2. The van der Waals surface area contributed by atoms with E-state index < -0.39 is 193 Å². The molecule has 84 heavy (non-hydrogen) atoms. The van der Waals surface area contributed by atoms with Crippen molar-refractivity contribution in [3.63, 3.8) is 0 Å². The number of carbonyl (C=O) groups is 11. The van der Waals surface area contributed by atoms with Gasteiger partial charge < -0.3 is 92.0 Å². The summed E-state index contributed by atoms with van der Waals surface area (Å²) in [7, 11) is 1.50. The summed E-state index contributed by atoms with van der Waals surface area (Å²) < 4.78 is 26.8. The fourth-order valence-electron chi connectivity index (χ4n) is 9.59. The Balaban J connectivity index is 1.47. The minimum atomic E-state index is -2.91. The van der Waals surface area contributed by atoms with Gasteiger partial charge in [0.05, 0.1) is 43.8 Å². The number of ether oxygens (including phenoxy) is 2. The van der Waals surface area contributed by atoms with Crippen molar-refractivity contribution < 1.29 is 82.1 Å². The van der Waals surface area contributed by atoms with Gasteiger partial charge in [-0.3, -0.25) is 43.2 Å². The van der Waals surface area contributed by atoms with E-state index in [2.05, 4.69) is 42.2 Å². The molecule has 11 amide bonds. The highest BCUT2D eigenvalue weighted by molar-refractivity contribution is 7.92. The number of fused-ring (bicyclic) bond motifs is 4. The molecule has 0 aliphatic carbocycles. The maximum atomic E-state index is 15.5. The maximum Gasteiger partial charge on any atom is 0.415 e. The molecule has 3 aromatic rings. The smallest absolute Gasteiger partial charge is 0.415 e. The normalized spacial score (nSPS) is 24.2. The average molecular weight is 1200 g/mol. The molecular weight excluding hydrogens is 1120 g/mol. The number of rotatable bonds is 14. The lowest BCUT2D eigenvalue weighted by atomic mass is 9.93. The minimum absolute atomic E-state index is 0.0125. The number of nitrogens with zero attached hydrogens (tertiary/aromatic N) is 3. The van der Waals surface area contributed by atoms with Crippen LogP contribution < -0.4 is 47.7 Å². The standard InChI is InChI=1S/C54H74N12O17S/c1-8-28(5)43-47(75)57-22-42(72)62-51-49(77)59-37(20-40(55)70)52(78)66-23-31(68)17-38(66)46(74)63-44(29(6)39(69)24-67)48(76)58-36(45(73)56-21-41(71)61-43)19-34-33-14-13-32(18-35(33)60-50(34)84(51)81)83-54(80)65(26(2)3)16-15-64(7)53(79)82-25-30-11-9-27(4)10-12-30/h9-14,18,26,28-29,31,36-39,43-44,51,60,67-69H,8,15-17,19-25H2,1-7H3,(H2,55,70)(H,56,73)(H,57,75)(H,58,76)(H,59,77)(H,61,71)(H,62,72)(H,63,74)/t28-,29-,31+,36+,37-,38-,39-,43-,44-,51-,84?/m0/s1. The third-order valence-corrected chi connectivity index (χ3v) is 16.3. The monoisotopic (exact) mass is 1190 g/mol. The van der Waals surface area contributed by atoms with Gasteiger partial charge in [0.15, 0.2) is 0 Å². The van der Waals surface area contributed by atoms with Crippen molar-refractivity contribution >= 4 is 87.4 Å². The Labute approximate surface area is 486 Å².